The molecule has 5 nitrogen and oxygen atoms in total. The number of para-hydroxylation sites is 1. The van der Waals surface area contributed by atoms with Gasteiger partial charge in [0, 0.05) is 44.9 Å². The molecule has 2 heterocycles. The number of amides is 1. The normalized spacial score (nSPS) is 21.8. The molecule has 0 aliphatic carbocycles. The lowest BCUT2D eigenvalue weighted by Crippen LogP contribution is -2.49. The summed E-state index contributed by atoms with van der Waals surface area (Å²) in [6, 6.07) is 8.26. The standard InChI is InChI=1S/C21H32N2O3/c1-17(2)26-20-9-4-3-7-18(20)16-22-10-12-23(13-11-22)21(24)15-19-8-5-6-14-25-19/h3-4,7,9,17,19H,5-6,8,10-16H2,1-2H3. The molecule has 3 rings (SSSR count). The summed E-state index contributed by atoms with van der Waals surface area (Å²) in [7, 11) is 0. The maximum absolute atomic E-state index is 12.5. The second kappa shape index (κ2) is 9.38. The second-order valence-electron chi connectivity index (χ2n) is 7.62. The van der Waals surface area contributed by atoms with E-state index in [0.29, 0.717) is 6.42 Å². The fraction of sp³-hybridized carbons (Fsp3) is 0.667. The van der Waals surface area contributed by atoms with E-state index in [-0.39, 0.29) is 18.1 Å². The molecule has 1 unspecified atom stereocenters. The number of carbonyl (C=O) groups is 1. The molecule has 0 bridgehead atoms. The minimum Gasteiger partial charge on any atom is -0.491 e. The Kier molecular flexibility index (Phi) is 6.92. The zero-order valence-electron chi connectivity index (χ0n) is 16.2. The summed E-state index contributed by atoms with van der Waals surface area (Å²) in [6.07, 6.45) is 4.19. The number of ether oxygens (including phenoxy) is 2. The smallest absolute Gasteiger partial charge is 0.225 e. The molecule has 2 aliphatic rings. The van der Waals surface area contributed by atoms with Crippen LogP contribution in [0.5, 0.6) is 5.75 Å². The van der Waals surface area contributed by atoms with Crippen molar-refractivity contribution in [3.8, 4) is 5.75 Å². The van der Waals surface area contributed by atoms with Crippen molar-refractivity contribution in [1.29, 1.82) is 0 Å². The molecule has 144 valence electrons. The lowest BCUT2D eigenvalue weighted by atomic mass is 10.1. The zero-order chi connectivity index (χ0) is 18.4. The Morgan fingerprint density at radius 3 is 2.65 bits per heavy atom. The van der Waals surface area contributed by atoms with Crippen LogP contribution < -0.4 is 4.74 Å². The van der Waals surface area contributed by atoms with Crippen molar-refractivity contribution in [3.63, 3.8) is 0 Å². The fourth-order valence-electron chi connectivity index (χ4n) is 3.69. The van der Waals surface area contributed by atoms with E-state index in [9.17, 15) is 4.79 Å². The lowest BCUT2D eigenvalue weighted by Gasteiger charge is -2.36. The summed E-state index contributed by atoms with van der Waals surface area (Å²) in [5.41, 5.74) is 1.22. The Morgan fingerprint density at radius 1 is 1.19 bits per heavy atom. The van der Waals surface area contributed by atoms with E-state index in [0.717, 1.165) is 57.9 Å². The van der Waals surface area contributed by atoms with E-state index in [1.165, 1.54) is 12.0 Å². The molecule has 0 spiro atoms. The first-order valence-corrected chi connectivity index (χ1v) is 9.98. The number of piperazine rings is 1. The van der Waals surface area contributed by atoms with Gasteiger partial charge in [-0.1, -0.05) is 18.2 Å². The number of hydrogen-bond acceptors (Lipinski definition) is 4. The summed E-state index contributed by atoms with van der Waals surface area (Å²) < 4.78 is 11.6. The molecule has 2 aliphatic heterocycles. The van der Waals surface area contributed by atoms with Crippen molar-refractivity contribution in [2.24, 2.45) is 0 Å². The van der Waals surface area contributed by atoms with Gasteiger partial charge in [0.15, 0.2) is 0 Å². The third-order valence-corrected chi connectivity index (χ3v) is 5.13. The summed E-state index contributed by atoms with van der Waals surface area (Å²) in [5, 5.41) is 0. The number of hydrogen-bond donors (Lipinski definition) is 0. The summed E-state index contributed by atoms with van der Waals surface area (Å²) in [6.45, 7) is 9.21. The molecule has 0 radical (unpaired) electrons. The van der Waals surface area contributed by atoms with Gasteiger partial charge < -0.3 is 14.4 Å². The topological polar surface area (TPSA) is 42.0 Å². The Hall–Kier alpha value is -1.59. The molecule has 1 amide bonds. The third-order valence-electron chi connectivity index (χ3n) is 5.13. The number of benzene rings is 1. The van der Waals surface area contributed by atoms with Crippen LogP contribution >= 0.6 is 0 Å². The molecular formula is C21H32N2O3. The van der Waals surface area contributed by atoms with Gasteiger partial charge in [-0.15, -0.1) is 0 Å². The minimum atomic E-state index is 0.134. The van der Waals surface area contributed by atoms with Crippen molar-refractivity contribution in [1.82, 2.24) is 9.80 Å². The molecular weight excluding hydrogens is 328 g/mol. The van der Waals surface area contributed by atoms with Crippen molar-refractivity contribution in [2.75, 3.05) is 32.8 Å². The van der Waals surface area contributed by atoms with Crippen LogP contribution in [-0.2, 0) is 16.1 Å². The largest absolute Gasteiger partial charge is 0.491 e. The van der Waals surface area contributed by atoms with Gasteiger partial charge in [0.25, 0.3) is 0 Å². The molecule has 1 aromatic carbocycles. The predicted molar refractivity (Wildman–Crippen MR) is 102 cm³/mol. The predicted octanol–water partition coefficient (Wildman–Crippen LogP) is 3.08. The summed E-state index contributed by atoms with van der Waals surface area (Å²) in [4.78, 5) is 16.9. The first kappa shape index (κ1) is 19.2. The van der Waals surface area contributed by atoms with Crippen LogP contribution in [0.25, 0.3) is 0 Å². The maximum Gasteiger partial charge on any atom is 0.225 e. The molecule has 2 fully saturated rings. The average Bonchev–Trinajstić information content (AvgIpc) is 2.64. The highest BCUT2D eigenvalue weighted by Gasteiger charge is 2.25. The van der Waals surface area contributed by atoms with Crippen molar-refractivity contribution >= 4 is 5.91 Å². The number of rotatable bonds is 6. The first-order chi connectivity index (χ1) is 12.6. The van der Waals surface area contributed by atoms with Crippen LogP contribution in [0.4, 0.5) is 0 Å². The maximum atomic E-state index is 12.5. The van der Waals surface area contributed by atoms with Gasteiger partial charge in [-0.3, -0.25) is 9.69 Å². The van der Waals surface area contributed by atoms with Crippen molar-refractivity contribution in [3.05, 3.63) is 29.8 Å². The van der Waals surface area contributed by atoms with E-state index in [1.807, 2.05) is 17.0 Å². The van der Waals surface area contributed by atoms with Crippen LogP contribution in [0.1, 0.15) is 45.1 Å². The van der Waals surface area contributed by atoms with Gasteiger partial charge in [0.1, 0.15) is 5.75 Å². The molecule has 26 heavy (non-hydrogen) atoms. The molecule has 0 aromatic heterocycles. The monoisotopic (exact) mass is 360 g/mol. The zero-order valence-corrected chi connectivity index (χ0v) is 16.2. The SMILES string of the molecule is CC(C)Oc1ccccc1CN1CCN(C(=O)CC2CCCCO2)CC1. The molecule has 2 saturated heterocycles. The van der Waals surface area contributed by atoms with E-state index in [2.05, 4.69) is 30.9 Å². The van der Waals surface area contributed by atoms with Gasteiger partial charge in [0.2, 0.25) is 5.91 Å². The van der Waals surface area contributed by atoms with Crippen molar-refractivity contribution < 1.29 is 14.3 Å². The quantitative estimate of drug-likeness (QED) is 0.782. The van der Waals surface area contributed by atoms with Crippen molar-refractivity contribution in [2.45, 2.75) is 58.3 Å². The van der Waals surface area contributed by atoms with Gasteiger partial charge >= 0.3 is 0 Å². The van der Waals surface area contributed by atoms with Gasteiger partial charge in [-0.25, -0.2) is 0 Å². The summed E-state index contributed by atoms with van der Waals surface area (Å²) >= 11 is 0. The van der Waals surface area contributed by atoms with Crippen LogP contribution in [-0.4, -0.2) is 60.7 Å². The lowest BCUT2D eigenvalue weighted by molar-refractivity contribution is -0.136. The number of nitrogens with zero attached hydrogens (tertiary/aromatic N) is 2. The van der Waals surface area contributed by atoms with E-state index in [4.69, 9.17) is 9.47 Å². The Balaban J connectivity index is 1.47. The van der Waals surface area contributed by atoms with Crippen LogP contribution in [0, 0.1) is 0 Å². The van der Waals surface area contributed by atoms with E-state index >= 15 is 0 Å². The summed E-state index contributed by atoms with van der Waals surface area (Å²) in [5.74, 6) is 1.22. The Labute approximate surface area is 157 Å². The van der Waals surface area contributed by atoms with E-state index in [1.54, 1.807) is 0 Å². The van der Waals surface area contributed by atoms with Crippen LogP contribution in [0.3, 0.4) is 0 Å². The Bertz CT molecular complexity index is 576. The van der Waals surface area contributed by atoms with Gasteiger partial charge in [-0.2, -0.15) is 0 Å². The van der Waals surface area contributed by atoms with Crippen LogP contribution in [0.15, 0.2) is 24.3 Å². The fourth-order valence-corrected chi connectivity index (χ4v) is 3.69. The average molecular weight is 360 g/mol. The third kappa shape index (κ3) is 5.45. The highest BCUT2D eigenvalue weighted by molar-refractivity contribution is 5.76. The number of carbonyl (C=O) groups excluding carboxylic acids is 1. The highest BCUT2D eigenvalue weighted by Crippen LogP contribution is 2.22. The first-order valence-electron chi connectivity index (χ1n) is 9.98. The minimum absolute atomic E-state index is 0.134. The Morgan fingerprint density at radius 2 is 1.96 bits per heavy atom. The molecule has 5 heteroatoms. The highest BCUT2D eigenvalue weighted by atomic mass is 16.5. The van der Waals surface area contributed by atoms with Gasteiger partial charge in [0.05, 0.1) is 18.6 Å². The molecule has 1 atom stereocenters. The molecule has 0 N–H and O–H groups in total. The van der Waals surface area contributed by atoms with Gasteiger partial charge in [-0.05, 0) is 39.2 Å². The van der Waals surface area contributed by atoms with Crippen LogP contribution in [0.2, 0.25) is 0 Å². The second-order valence-corrected chi connectivity index (χ2v) is 7.62. The molecule has 0 saturated carbocycles. The molecule has 1 aromatic rings. The van der Waals surface area contributed by atoms with E-state index < -0.39 is 0 Å².